The van der Waals surface area contributed by atoms with Crippen LogP contribution in [-0.2, 0) is 11.0 Å². The maximum absolute atomic E-state index is 13.5. The number of nitrogens with zero attached hydrogens (tertiary/aromatic N) is 2. The maximum atomic E-state index is 13.5. The minimum atomic E-state index is -4.85. The zero-order chi connectivity index (χ0) is 24.4. The summed E-state index contributed by atoms with van der Waals surface area (Å²) in [4.78, 5) is 25.4. The highest BCUT2D eigenvalue weighted by Gasteiger charge is 2.40. The molecular weight excluding hydrogens is 432 g/mol. The number of nitrogens with one attached hydrogen (secondary N) is 1. The van der Waals surface area contributed by atoms with Crippen molar-refractivity contribution in [3.05, 3.63) is 64.5 Å². The van der Waals surface area contributed by atoms with E-state index in [4.69, 9.17) is 11.1 Å². The first-order valence-corrected chi connectivity index (χ1v) is 9.16. The van der Waals surface area contributed by atoms with E-state index in [1.54, 1.807) is 0 Å². The molecule has 7 nitrogen and oxygen atoms in total. The first kappa shape index (κ1) is 24.8. The number of aliphatic hydroxyl groups is 1. The molecule has 0 bridgehead atoms. The Hall–Kier alpha value is -3.49. The molecule has 11 heteroatoms. The lowest BCUT2D eigenvalue weighted by Gasteiger charge is -2.33. The standard InChI is InChI=1S/C21H20F4N4O3/c1-11-15(9-6-13(10-26)16(11)21(23,24)25)28-17(20(2,3)32)19(31)29(27)18(30)12-4-7-14(22)8-5-12/h4-9,17,28,32H,27H2,1-3H3. The van der Waals surface area contributed by atoms with Crippen molar-refractivity contribution in [1.82, 2.24) is 5.01 Å². The van der Waals surface area contributed by atoms with Crippen molar-refractivity contribution < 1.29 is 32.3 Å². The highest BCUT2D eigenvalue weighted by Crippen LogP contribution is 2.37. The molecule has 2 aromatic carbocycles. The summed E-state index contributed by atoms with van der Waals surface area (Å²) in [6.07, 6.45) is -4.85. The fraction of sp³-hybridized carbons (Fsp3) is 0.286. The van der Waals surface area contributed by atoms with E-state index in [-0.39, 0.29) is 21.8 Å². The van der Waals surface area contributed by atoms with Gasteiger partial charge in [-0.05, 0) is 62.7 Å². The number of hydrogen-bond donors (Lipinski definition) is 3. The smallest absolute Gasteiger partial charge is 0.388 e. The lowest BCUT2D eigenvalue weighted by Crippen LogP contribution is -2.57. The van der Waals surface area contributed by atoms with Gasteiger partial charge < -0.3 is 10.4 Å². The molecular formula is C21H20F4N4O3. The molecule has 0 saturated heterocycles. The second-order valence-corrected chi connectivity index (χ2v) is 7.52. The zero-order valence-corrected chi connectivity index (χ0v) is 17.3. The molecule has 0 aromatic heterocycles. The van der Waals surface area contributed by atoms with Crippen LogP contribution in [0.15, 0.2) is 36.4 Å². The molecule has 2 amide bonds. The van der Waals surface area contributed by atoms with Gasteiger partial charge in [0.25, 0.3) is 11.8 Å². The lowest BCUT2D eigenvalue weighted by molar-refractivity contribution is -0.138. The van der Waals surface area contributed by atoms with Crippen LogP contribution in [0.3, 0.4) is 0 Å². The Morgan fingerprint density at radius 2 is 1.72 bits per heavy atom. The van der Waals surface area contributed by atoms with E-state index < -0.39 is 46.6 Å². The first-order chi connectivity index (χ1) is 14.7. The van der Waals surface area contributed by atoms with E-state index in [0.717, 1.165) is 43.3 Å². The number of hydrazine groups is 1. The monoisotopic (exact) mass is 452 g/mol. The Bertz CT molecular complexity index is 1070. The van der Waals surface area contributed by atoms with Crippen LogP contribution >= 0.6 is 0 Å². The van der Waals surface area contributed by atoms with Crippen LogP contribution in [0.1, 0.15) is 40.9 Å². The maximum Gasteiger partial charge on any atom is 0.418 e. The minimum absolute atomic E-state index is 0.120. The van der Waals surface area contributed by atoms with Gasteiger partial charge in [-0.2, -0.15) is 18.4 Å². The summed E-state index contributed by atoms with van der Waals surface area (Å²) in [5.41, 5.74) is -4.38. The fourth-order valence-electron chi connectivity index (χ4n) is 2.99. The van der Waals surface area contributed by atoms with E-state index in [2.05, 4.69) is 5.32 Å². The molecule has 0 fully saturated rings. The predicted octanol–water partition coefficient (Wildman–Crippen LogP) is 3.12. The molecule has 2 rings (SSSR count). The molecule has 0 aliphatic rings. The molecule has 0 heterocycles. The van der Waals surface area contributed by atoms with E-state index in [1.165, 1.54) is 19.9 Å². The summed E-state index contributed by atoms with van der Waals surface area (Å²) in [7, 11) is 0. The quantitative estimate of drug-likeness (QED) is 0.278. The van der Waals surface area contributed by atoms with Crippen molar-refractivity contribution >= 4 is 17.5 Å². The molecule has 0 saturated carbocycles. The largest absolute Gasteiger partial charge is 0.418 e. The number of amides is 2. The number of imide groups is 1. The molecule has 2 aromatic rings. The highest BCUT2D eigenvalue weighted by atomic mass is 19.4. The van der Waals surface area contributed by atoms with Crippen molar-refractivity contribution in [2.45, 2.75) is 38.6 Å². The lowest BCUT2D eigenvalue weighted by atomic mass is 9.95. The molecule has 0 spiro atoms. The first-order valence-electron chi connectivity index (χ1n) is 9.16. The third kappa shape index (κ3) is 5.22. The molecule has 1 atom stereocenters. The average Bonchev–Trinajstić information content (AvgIpc) is 2.69. The number of nitriles is 1. The number of hydrogen-bond acceptors (Lipinski definition) is 6. The third-order valence-electron chi connectivity index (χ3n) is 4.67. The minimum Gasteiger partial charge on any atom is -0.388 e. The van der Waals surface area contributed by atoms with Gasteiger partial charge in [-0.1, -0.05) is 0 Å². The van der Waals surface area contributed by atoms with Gasteiger partial charge >= 0.3 is 6.18 Å². The Labute approximate surface area is 181 Å². The van der Waals surface area contributed by atoms with Gasteiger partial charge in [0, 0.05) is 11.3 Å². The summed E-state index contributed by atoms with van der Waals surface area (Å²) >= 11 is 0. The molecule has 1 unspecified atom stereocenters. The number of nitrogens with two attached hydrogens (primary N) is 1. The number of alkyl halides is 3. The normalized spacial score (nSPS) is 12.6. The number of carbonyl (C=O) groups excluding carboxylic acids is 2. The number of rotatable bonds is 5. The van der Waals surface area contributed by atoms with Crippen LogP contribution in [0.2, 0.25) is 0 Å². The third-order valence-corrected chi connectivity index (χ3v) is 4.67. The van der Waals surface area contributed by atoms with Crippen LogP contribution in [0.5, 0.6) is 0 Å². The molecule has 0 aliphatic carbocycles. The SMILES string of the molecule is Cc1c(NC(C(=O)N(N)C(=O)c2ccc(F)cc2)C(C)(C)O)ccc(C#N)c1C(F)(F)F. The van der Waals surface area contributed by atoms with E-state index >= 15 is 0 Å². The number of carbonyl (C=O) groups is 2. The highest BCUT2D eigenvalue weighted by molar-refractivity contribution is 6.06. The van der Waals surface area contributed by atoms with Gasteiger partial charge in [0.1, 0.15) is 11.9 Å². The van der Waals surface area contributed by atoms with Crippen molar-refractivity contribution in [2.75, 3.05) is 5.32 Å². The van der Waals surface area contributed by atoms with Crippen LogP contribution in [-0.4, -0.2) is 33.6 Å². The average molecular weight is 452 g/mol. The van der Waals surface area contributed by atoms with E-state index in [1.807, 2.05) is 0 Å². The number of anilines is 1. The second-order valence-electron chi connectivity index (χ2n) is 7.52. The van der Waals surface area contributed by atoms with Crippen LogP contribution in [0, 0.1) is 24.1 Å². The molecule has 4 N–H and O–H groups in total. The van der Waals surface area contributed by atoms with E-state index in [0.29, 0.717) is 0 Å². The Morgan fingerprint density at radius 1 is 1.16 bits per heavy atom. The van der Waals surface area contributed by atoms with Crippen molar-refractivity contribution in [2.24, 2.45) is 5.84 Å². The van der Waals surface area contributed by atoms with Crippen molar-refractivity contribution in [3.63, 3.8) is 0 Å². The molecule has 170 valence electrons. The topological polar surface area (TPSA) is 119 Å². The van der Waals surface area contributed by atoms with Crippen molar-refractivity contribution in [1.29, 1.82) is 5.26 Å². The number of benzene rings is 2. The summed E-state index contributed by atoms with van der Waals surface area (Å²) in [6.45, 7) is 3.49. The Kier molecular flexibility index (Phi) is 6.92. The molecule has 0 radical (unpaired) electrons. The second kappa shape index (κ2) is 8.94. The van der Waals surface area contributed by atoms with E-state index in [9.17, 15) is 32.3 Å². The zero-order valence-electron chi connectivity index (χ0n) is 17.3. The Morgan fingerprint density at radius 3 is 2.19 bits per heavy atom. The molecule has 32 heavy (non-hydrogen) atoms. The summed E-state index contributed by atoms with van der Waals surface area (Å²) in [5.74, 6) is 2.85. The van der Waals surface area contributed by atoms with Gasteiger partial charge in [0.05, 0.1) is 22.8 Å². The number of halogens is 4. The van der Waals surface area contributed by atoms with Gasteiger partial charge in [0.15, 0.2) is 0 Å². The van der Waals surface area contributed by atoms with Crippen LogP contribution in [0.4, 0.5) is 23.2 Å². The Balaban J connectivity index is 2.44. The van der Waals surface area contributed by atoms with Crippen LogP contribution < -0.4 is 11.2 Å². The van der Waals surface area contributed by atoms with Crippen LogP contribution in [0.25, 0.3) is 0 Å². The summed E-state index contributed by atoms with van der Waals surface area (Å²) in [6, 6.07) is 6.05. The van der Waals surface area contributed by atoms with Gasteiger partial charge in [-0.15, -0.1) is 0 Å². The predicted molar refractivity (Wildman–Crippen MR) is 106 cm³/mol. The molecule has 0 aliphatic heterocycles. The van der Waals surface area contributed by atoms with Crippen molar-refractivity contribution in [3.8, 4) is 6.07 Å². The summed E-state index contributed by atoms with van der Waals surface area (Å²) < 4.78 is 53.5. The fourth-order valence-corrected chi connectivity index (χ4v) is 2.99. The van der Waals surface area contributed by atoms with Gasteiger partial charge in [0.2, 0.25) is 0 Å². The summed E-state index contributed by atoms with van der Waals surface area (Å²) in [5, 5.41) is 22.2. The van der Waals surface area contributed by atoms with Gasteiger partial charge in [-0.3, -0.25) is 9.59 Å². The van der Waals surface area contributed by atoms with Gasteiger partial charge in [-0.25, -0.2) is 15.2 Å².